The van der Waals surface area contributed by atoms with Gasteiger partial charge < -0.3 is 11.1 Å². The average Bonchev–Trinajstić information content (AvgIpc) is 2.47. The van der Waals surface area contributed by atoms with Crippen LogP contribution in [0.15, 0.2) is 42.9 Å². The fraction of sp³-hybridized carbons (Fsp3) is 0.0714. The zero-order valence-corrected chi connectivity index (χ0v) is 10.1. The molecule has 2 aromatic rings. The Morgan fingerprint density at radius 1 is 1.26 bits per heavy atom. The summed E-state index contributed by atoms with van der Waals surface area (Å²) in [4.78, 5) is 19.6. The van der Waals surface area contributed by atoms with E-state index in [2.05, 4.69) is 27.1 Å². The number of hydrogen-bond donors (Lipinski definition) is 2. The number of nitrogens with two attached hydrogens (primary N) is 1. The van der Waals surface area contributed by atoms with E-state index in [1.54, 1.807) is 12.1 Å². The van der Waals surface area contributed by atoms with E-state index < -0.39 is 0 Å². The Hall–Kier alpha value is -2.71. The average molecular weight is 252 g/mol. The maximum absolute atomic E-state index is 11.8. The molecule has 1 heterocycles. The van der Waals surface area contributed by atoms with Gasteiger partial charge in [0, 0.05) is 23.6 Å². The van der Waals surface area contributed by atoms with E-state index in [4.69, 9.17) is 5.73 Å². The second kappa shape index (κ2) is 6.28. The Morgan fingerprint density at radius 3 is 2.68 bits per heavy atom. The predicted molar refractivity (Wildman–Crippen MR) is 72.4 cm³/mol. The van der Waals surface area contributed by atoms with Crippen molar-refractivity contribution in [1.29, 1.82) is 0 Å². The highest BCUT2D eigenvalue weighted by Crippen LogP contribution is 2.09. The Balaban J connectivity index is 2.06. The minimum Gasteiger partial charge on any atom is -0.321 e. The summed E-state index contributed by atoms with van der Waals surface area (Å²) in [6.45, 7) is 0.325. The van der Waals surface area contributed by atoms with Crippen LogP contribution in [-0.4, -0.2) is 22.4 Å². The van der Waals surface area contributed by atoms with E-state index in [-0.39, 0.29) is 11.6 Å². The van der Waals surface area contributed by atoms with E-state index in [1.165, 1.54) is 18.6 Å². The molecule has 0 spiro atoms. The van der Waals surface area contributed by atoms with Crippen LogP contribution in [0.2, 0.25) is 0 Å². The minimum atomic E-state index is -0.297. The fourth-order valence-electron chi connectivity index (χ4n) is 1.40. The van der Waals surface area contributed by atoms with Crippen molar-refractivity contribution in [2.75, 3.05) is 11.9 Å². The number of hydrogen-bond acceptors (Lipinski definition) is 4. The number of nitrogens with zero attached hydrogens (tertiary/aromatic N) is 2. The number of carbonyl (C=O) groups excluding carboxylic acids is 1. The van der Waals surface area contributed by atoms with Crippen LogP contribution in [0.25, 0.3) is 0 Å². The van der Waals surface area contributed by atoms with Crippen LogP contribution in [0.4, 0.5) is 5.69 Å². The molecule has 94 valence electrons. The van der Waals surface area contributed by atoms with Crippen LogP contribution in [0, 0.1) is 11.8 Å². The van der Waals surface area contributed by atoms with Crippen molar-refractivity contribution in [3.63, 3.8) is 0 Å². The number of aromatic nitrogens is 2. The monoisotopic (exact) mass is 252 g/mol. The molecule has 2 rings (SSSR count). The quantitative estimate of drug-likeness (QED) is 0.782. The lowest BCUT2D eigenvalue weighted by atomic mass is 10.2. The molecule has 0 aliphatic rings. The highest BCUT2D eigenvalue weighted by atomic mass is 16.1. The van der Waals surface area contributed by atoms with Crippen molar-refractivity contribution in [2.24, 2.45) is 5.73 Å². The Morgan fingerprint density at radius 2 is 2.05 bits per heavy atom. The third-order valence-corrected chi connectivity index (χ3v) is 2.27. The molecular weight excluding hydrogens is 240 g/mol. The molecule has 1 aromatic carbocycles. The van der Waals surface area contributed by atoms with Crippen LogP contribution in [-0.2, 0) is 0 Å². The summed E-state index contributed by atoms with van der Waals surface area (Å²) in [5.41, 5.74) is 7.09. The van der Waals surface area contributed by atoms with Gasteiger partial charge >= 0.3 is 0 Å². The van der Waals surface area contributed by atoms with Crippen molar-refractivity contribution in [3.8, 4) is 11.8 Å². The lowest BCUT2D eigenvalue weighted by Crippen LogP contribution is -2.13. The van der Waals surface area contributed by atoms with Gasteiger partial charge in [0.2, 0.25) is 0 Å². The summed E-state index contributed by atoms with van der Waals surface area (Å²) >= 11 is 0. The molecule has 5 nitrogen and oxygen atoms in total. The summed E-state index contributed by atoms with van der Waals surface area (Å²) < 4.78 is 0. The molecule has 0 saturated heterocycles. The van der Waals surface area contributed by atoms with Crippen molar-refractivity contribution >= 4 is 11.6 Å². The SMILES string of the molecule is NCC#Cc1ccc(NC(=O)c2cnccn2)cc1. The van der Waals surface area contributed by atoms with Gasteiger partial charge in [0.15, 0.2) is 0 Å². The van der Waals surface area contributed by atoms with Crippen LogP contribution in [0.3, 0.4) is 0 Å². The fourth-order valence-corrected chi connectivity index (χ4v) is 1.40. The molecule has 0 unspecified atom stereocenters. The number of amides is 1. The van der Waals surface area contributed by atoms with Crippen molar-refractivity contribution in [2.45, 2.75) is 0 Å². The standard InChI is InChI=1S/C14H12N4O/c15-7-1-2-11-3-5-12(6-4-11)18-14(19)13-10-16-8-9-17-13/h3-6,8-10H,7,15H2,(H,18,19). The van der Waals surface area contributed by atoms with Crippen LogP contribution < -0.4 is 11.1 Å². The van der Waals surface area contributed by atoms with Crippen LogP contribution in [0.5, 0.6) is 0 Å². The molecule has 0 saturated carbocycles. The first-order chi connectivity index (χ1) is 9.29. The van der Waals surface area contributed by atoms with Crippen LogP contribution in [0.1, 0.15) is 16.1 Å². The maximum Gasteiger partial charge on any atom is 0.275 e. The minimum absolute atomic E-state index is 0.273. The normalized spacial score (nSPS) is 9.32. The third kappa shape index (κ3) is 3.63. The first-order valence-electron chi connectivity index (χ1n) is 5.66. The molecule has 0 radical (unpaired) electrons. The first-order valence-corrected chi connectivity index (χ1v) is 5.66. The van der Waals surface area contributed by atoms with E-state index in [9.17, 15) is 4.79 Å². The largest absolute Gasteiger partial charge is 0.321 e. The molecule has 0 atom stereocenters. The summed E-state index contributed by atoms with van der Waals surface area (Å²) in [5, 5.41) is 2.73. The lowest BCUT2D eigenvalue weighted by Gasteiger charge is -2.03. The van der Waals surface area contributed by atoms with Gasteiger partial charge in [-0.15, -0.1) is 0 Å². The topological polar surface area (TPSA) is 80.9 Å². The van der Waals surface area contributed by atoms with Gasteiger partial charge in [-0.1, -0.05) is 11.8 Å². The Kier molecular flexibility index (Phi) is 4.21. The van der Waals surface area contributed by atoms with E-state index >= 15 is 0 Å². The smallest absolute Gasteiger partial charge is 0.275 e. The summed E-state index contributed by atoms with van der Waals surface area (Å²) in [7, 11) is 0. The molecule has 19 heavy (non-hydrogen) atoms. The molecule has 1 aromatic heterocycles. The Labute approximate surface area is 110 Å². The Bertz CT molecular complexity index is 611. The molecule has 1 amide bonds. The molecule has 0 bridgehead atoms. The van der Waals surface area contributed by atoms with Gasteiger partial charge in [0.1, 0.15) is 5.69 Å². The molecular formula is C14H12N4O. The highest BCUT2D eigenvalue weighted by Gasteiger charge is 2.06. The zero-order valence-electron chi connectivity index (χ0n) is 10.1. The van der Waals surface area contributed by atoms with E-state index in [0.29, 0.717) is 12.2 Å². The molecule has 3 N–H and O–H groups in total. The number of rotatable bonds is 2. The predicted octanol–water partition coefficient (Wildman–Crippen LogP) is 1.04. The number of anilines is 1. The van der Waals surface area contributed by atoms with Crippen molar-refractivity contribution in [3.05, 3.63) is 54.1 Å². The summed E-state index contributed by atoms with van der Waals surface area (Å²) in [5.74, 6) is 5.37. The van der Waals surface area contributed by atoms with Crippen LogP contribution >= 0.6 is 0 Å². The maximum atomic E-state index is 11.8. The van der Waals surface area contributed by atoms with Gasteiger partial charge in [0.25, 0.3) is 5.91 Å². The zero-order chi connectivity index (χ0) is 13.5. The van der Waals surface area contributed by atoms with Gasteiger partial charge in [-0.2, -0.15) is 0 Å². The molecule has 0 fully saturated rings. The van der Waals surface area contributed by atoms with Gasteiger partial charge in [-0.05, 0) is 24.3 Å². The molecule has 0 aliphatic carbocycles. The molecule has 5 heteroatoms. The van der Waals surface area contributed by atoms with Crippen molar-refractivity contribution < 1.29 is 4.79 Å². The summed E-state index contributed by atoms with van der Waals surface area (Å²) in [6.07, 6.45) is 4.40. The lowest BCUT2D eigenvalue weighted by molar-refractivity contribution is 0.102. The number of nitrogens with one attached hydrogen (secondary N) is 1. The first kappa shape index (κ1) is 12.7. The van der Waals surface area contributed by atoms with Crippen molar-refractivity contribution in [1.82, 2.24) is 9.97 Å². The third-order valence-electron chi connectivity index (χ3n) is 2.27. The van der Waals surface area contributed by atoms with Gasteiger partial charge in [-0.3, -0.25) is 9.78 Å². The van der Waals surface area contributed by atoms with E-state index in [1.807, 2.05) is 12.1 Å². The summed E-state index contributed by atoms with van der Waals surface area (Å²) in [6, 6.07) is 7.17. The van der Waals surface area contributed by atoms with Gasteiger partial charge in [-0.25, -0.2) is 4.98 Å². The van der Waals surface area contributed by atoms with E-state index in [0.717, 1.165) is 5.56 Å². The van der Waals surface area contributed by atoms with Gasteiger partial charge in [0.05, 0.1) is 12.7 Å². The number of carbonyl (C=O) groups is 1. The second-order valence-electron chi connectivity index (χ2n) is 3.63. The second-order valence-corrected chi connectivity index (χ2v) is 3.63. The number of benzene rings is 1. The molecule has 0 aliphatic heterocycles. The highest BCUT2D eigenvalue weighted by molar-refractivity contribution is 6.02.